The van der Waals surface area contributed by atoms with Crippen LogP contribution in [0.5, 0.6) is 0 Å². The van der Waals surface area contributed by atoms with Crippen molar-refractivity contribution in [1.82, 2.24) is 10.6 Å². The molecule has 6 N–H and O–H groups in total. The third-order valence-electron chi connectivity index (χ3n) is 3.61. The molecule has 0 aromatic heterocycles. The molecule has 22 heavy (non-hydrogen) atoms. The summed E-state index contributed by atoms with van der Waals surface area (Å²) < 4.78 is 0. The first kappa shape index (κ1) is 20.3. The minimum absolute atomic E-state index is 0.0927. The third-order valence-corrected chi connectivity index (χ3v) is 3.61. The van der Waals surface area contributed by atoms with Crippen LogP contribution in [0.4, 0.5) is 0 Å². The largest absolute Gasteiger partial charge is 0.480 e. The Bertz CT molecular complexity index is 400. The van der Waals surface area contributed by atoms with E-state index in [0.29, 0.717) is 6.42 Å². The van der Waals surface area contributed by atoms with Crippen molar-refractivity contribution < 1.29 is 24.6 Å². The fourth-order valence-corrected chi connectivity index (χ4v) is 1.70. The van der Waals surface area contributed by atoms with E-state index < -0.39 is 42.5 Å². The molecular formula is C14H27N3O5. The van der Waals surface area contributed by atoms with E-state index >= 15 is 0 Å². The molecule has 0 spiro atoms. The lowest BCUT2D eigenvalue weighted by atomic mass is 9.96. The van der Waals surface area contributed by atoms with E-state index in [4.69, 9.17) is 15.9 Å². The average molecular weight is 317 g/mol. The summed E-state index contributed by atoms with van der Waals surface area (Å²) in [6.07, 6.45) is 0.603. The zero-order valence-electron chi connectivity index (χ0n) is 13.5. The summed E-state index contributed by atoms with van der Waals surface area (Å²) in [4.78, 5) is 35.1. The van der Waals surface area contributed by atoms with Gasteiger partial charge in [0.25, 0.3) is 0 Å². The molecule has 0 radical (unpaired) electrons. The summed E-state index contributed by atoms with van der Waals surface area (Å²) in [5.41, 5.74) is 5.75. The Morgan fingerprint density at radius 1 is 1.09 bits per heavy atom. The number of nitrogens with one attached hydrogen (secondary N) is 2. The maximum atomic E-state index is 12.2. The predicted octanol–water partition coefficient (Wildman–Crippen LogP) is -0.938. The molecule has 0 heterocycles. The van der Waals surface area contributed by atoms with Crippen LogP contribution in [0.25, 0.3) is 0 Å². The van der Waals surface area contributed by atoms with Gasteiger partial charge in [0.2, 0.25) is 11.8 Å². The van der Waals surface area contributed by atoms with E-state index in [2.05, 4.69) is 10.6 Å². The standard InChI is InChI=1S/C14H27N3O5/c1-5-8(4)11(17-12(19)10(15)7(2)3)13(20)16-9(6-18)14(21)22/h7-11,18H,5-6,15H2,1-4H3,(H,16,20)(H,17,19)(H,21,22). The van der Waals surface area contributed by atoms with Crippen LogP contribution in [-0.4, -0.2) is 52.7 Å². The van der Waals surface area contributed by atoms with Crippen molar-refractivity contribution in [3.8, 4) is 0 Å². The SMILES string of the molecule is CCC(C)C(NC(=O)C(N)C(C)C)C(=O)NC(CO)C(=O)O. The van der Waals surface area contributed by atoms with E-state index in [-0.39, 0.29) is 11.8 Å². The van der Waals surface area contributed by atoms with Crippen molar-refractivity contribution in [1.29, 1.82) is 0 Å². The molecule has 4 unspecified atom stereocenters. The number of hydrogen-bond acceptors (Lipinski definition) is 5. The smallest absolute Gasteiger partial charge is 0.328 e. The molecule has 0 fully saturated rings. The average Bonchev–Trinajstić information content (AvgIpc) is 2.47. The Morgan fingerprint density at radius 2 is 1.64 bits per heavy atom. The number of nitrogens with two attached hydrogens (primary N) is 1. The number of hydrogen-bond donors (Lipinski definition) is 5. The van der Waals surface area contributed by atoms with E-state index in [1.54, 1.807) is 20.8 Å². The van der Waals surface area contributed by atoms with Crippen molar-refractivity contribution in [2.45, 2.75) is 52.2 Å². The molecule has 0 bridgehead atoms. The second kappa shape index (κ2) is 9.37. The number of rotatable bonds is 9. The van der Waals surface area contributed by atoms with Gasteiger partial charge in [0.1, 0.15) is 12.1 Å². The van der Waals surface area contributed by atoms with Crippen LogP contribution < -0.4 is 16.4 Å². The van der Waals surface area contributed by atoms with Gasteiger partial charge in [0.15, 0.2) is 0 Å². The number of carbonyl (C=O) groups excluding carboxylic acids is 2. The fourth-order valence-electron chi connectivity index (χ4n) is 1.70. The number of carbonyl (C=O) groups is 3. The summed E-state index contributed by atoms with van der Waals surface area (Å²) in [5.74, 6) is -2.77. The van der Waals surface area contributed by atoms with Gasteiger partial charge in [-0.15, -0.1) is 0 Å². The second-order valence-electron chi connectivity index (χ2n) is 5.72. The molecule has 0 aliphatic carbocycles. The molecule has 0 saturated heterocycles. The number of carboxylic acids is 1. The Balaban J connectivity index is 5.02. The summed E-state index contributed by atoms with van der Waals surface area (Å²) in [5, 5.41) is 22.6. The van der Waals surface area contributed by atoms with Crippen molar-refractivity contribution in [3.05, 3.63) is 0 Å². The Morgan fingerprint density at radius 3 is 2.00 bits per heavy atom. The van der Waals surface area contributed by atoms with Crippen molar-refractivity contribution in [2.24, 2.45) is 17.6 Å². The molecule has 128 valence electrons. The number of aliphatic hydroxyl groups is 1. The van der Waals surface area contributed by atoms with Gasteiger partial charge in [-0.05, 0) is 11.8 Å². The highest BCUT2D eigenvalue weighted by atomic mass is 16.4. The first-order valence-electron chi connectivity index (χ1n) is 7.35. The van der Waals surface area contributed by atoms with E-state index in [9.17, 15) is 14.4 Å². The summed E-state index contributed by atoms with van der Waals surface area (Å²) in [6, 6.07) is -3.07. The first-order valence-corrected chi connectivity index (χ1v) is 7.35. The fraction of sp³-hybridized carbons (Fsp3) is 0.786. The molecule has 0 aliphatic rings. The normalized spacial score (nSPS) is 16.5. The van der Waals surface area contributed by atoms with E-state index in [1.165, 1.54) is 0 Å². The molecule has 0 aromatic carbocycles. The minimum Gasteiger partial charge on any atom is -0.480 e. The van der Waals surface area contributed by atoms with Crippen LogP contribution in [0.2, 0.25) is 0 Å². The van der Waals surface area contributed by atoms with Gasteiger partial charge in [-0.2, -0.15) is 0 Å². The van der Waals surface area contributed by atoms with E-state index in [0.717, 1.165) is 0 Å². The van der Waals surface area contributed by atoms with Gasteiger partial charge < -0.3 is 26.6 Å². The lowest BCUT2D eigenvalue weighted by Gasteiger charge is -2.27. The highest BCUT2D eigenvalue weighted by molar-refractivity contribution is 5.92. The summed E-state index contributed by atoms with van der Waals surface area (Å²) in [6.45, 7) is 6.46. The summed E-state index contributed by atoms with van der Waals surface area (Å²) in [7, 11) is 0. The topological polar surface area (TPSA) is 142 Å². The molecule has 4 atom stereocenters. The molecule has 2 amide bonds. The van der Waals surface area contributed by atoms with Crippen LogP contribution in [0.3, 0.4) is 0 Å². The zero-order chi connectivity index (χ0) is 17.4. The van der Waals surface area contributed by atoms with Crippen molar-refractivity contribution in [3.63, 3.8) is 0 Å². The van der Waals surface area contributed by atoms with Gasteiger partial charge in [0.05, 0.1) is 12.6 Å². The first-order chi connectivity index (χ1) is 10.1. The van der Waals surface area contributed by atoms with Crippen LogP contribution in [0.15, 0.2) is 0 Å². The molecule has 8 nitrogen and oxygen atoms in total. The maximum Gasteiger partial charge on any atom is 0.328 e. The quantitative estimate of drug-likeness (QED) is 0.372. The van der Waals surface area contributed by atoms with E-state index in [1.807, 2.05) is 6.92 Å². The van der Waals surface area contributed by atoms with Crippen molar-refractivity contribution in [2.75, 3.05) is 6.61 Å². The molecular weight excluding hydrogens is 290 g/mol. The molecule has 0 saturated carbocycles. The summed E-state index contributed by atoms with van der Waals surface area (Å²) >= 11 is 0. The van der Waals surface area contributed by atoms with Gasteiger partial charge >= 0.3 is 5.97 Å². The highest BCUT2D eigenvalue weighted by Gasteiger charge is 2.31. The van der Waals surface area contributed by atoms with Crippen molar-refractivity contribution >= 4 is 17.8 Å². The third kappa shape index (κ3) is 5.98. The Hall–Kier alpha value is -1.67. The molecule has 0 aliphatic heterocycles. The Labute approximate surface area is 130 Å². The number of amides is 2. The van der Waals surface area contributed by atoms with Gasteiger partial charge in [-0.3, -0.25) is 9.59 Å². The van der Waals surface area contributed by atoms with Crippen LogP contribution >= 0.6 is 0 Å². The van der Waals surface area contributed by atoms with Gasteiger partial charge in [-0.1, -0.05) is 34.1 Å². The van der Waals surface area contributed by atoms with Crippen LogP contribution in [0, 0.1) is 11.8 Å². The molecule has 0 rings (SSSR count). The molecule has 8 heteroatoms. The number of aliphatic carboxylic acids is 1. The van der Waals surface area contributed by atoms with Crippen LogP contribution in [-0.2, 0) is 14.4 Å². The number of aliphatic hydroxyl groups excluding tert-OH is 1. The van der Waals surface area contributed by atoms with Gasteiger partial charge in [-0.25, -0.2) is 4.79 Å². The number of carboxylic acid groups (broad SMARTS) is 1. The van der Waals surface area contributed by atoms with Crippen LogP contribution in [0.1, 0.15) is 34.1 Å². The second-order valence-corrected chi connectivity index (χ2v) is 5.72. The predicted molar refractivity (Wildman–Crippen MR) is 80.9 cm³/mol. The monoisotopic (exact) mass is 317 g/mol. The highest BCUT2D eigenvalue weighted by Crippen LogP contribution is 2.09. The van der Waals surface area contributed by atoms with Gasteiger partial charge in [0, 0.05) is 0 Å². The Kier molecular flexibility index (Phi) is 8.66. The maximum absolute atomic E-state index is 12.2. The molecule has 0 aromatic rings. The minimum atomic E-state index is -1.41. The zero-order valence-corrected chi connectivity index (χ0v) is 13.5. The lowest BCUT2D eigenvalue weighted by Crippen LogP contribution is -2.57. The lowest BCUT2D eigenvalue weighted by molar-refractivity contribution is -0.143.